The Balaban J connectivity index is 2.05. The Morgan fingerprint density at radius 1 is 1.20 bits per heavy atom. The standard InChI is InChI=1S/C20H27N3O7/c1-20(2,3)30-19(27)22-15(11-17(25)28-4)18(26)21-13-5-7-14(8-6-13)23-9-10-29-12-16(23)24/h5-8,15H,9-12H2,1-4H3,(H,21,26)(H,22,27)/t15-/m0/s1. The van der Waals surface area contributed by atoms with Crippen LogP contribution in [0.3, 0.4) is 0 Å². The summed E-state index contributed by atoms with van der Waals surface area (Å²) in [5.74, 6) is -1.41. The maximum atomic E-state index is 12.6. The number of carbonyl (C=O) groups excluding carboxylic acids is 4. The summed E-state index contributed by atoms with van der Waals surface area (Å²) in [6.07, 6.45) is -1.19. The Labute approximate surface area is 174 Å². The molecule has 1 aromatic rings. The lowest BCUT2D eigenvalue weighted by atomic mass is 10.1. The Kier molecular flexibility index (Phi) is 7.76. The fourth-order valence-electron chi connectivity index (χ4n) is 2.65. The number of hydrogen-bond acceptors (Lipinski definition) is 7. The van der Waals surface area contributed by atoms with Crippen molar-refractivity contribution in [1.29, 1.82) is 0 Å². The van der Waals surface area contributed by atoms with Gasteiger partial charge < -0.3 is 29.7 Å². The zero-order valence-electron chi connectivity index (χ0n) is 17.5. The highest BCUT2D eigenvalue weighted by Gasteiger charge is 2.27. The van der Waals surface area contributed by atoms with Gasteiger partial charge in [-0.1, -0.05) is 0 Å². The monoisotopic (exact) mass is 421 g/mol. The number of carbonyl (C=O) groups is 4. The number of anilines is 2. The lowest BCUT2D eigenvalue weighted by Crippen LogP contribution is -2.47. The molecular formula is C20H27N3O7. The maximum absolute atomic E-state index is 12.6. The van der Waals surface area contributed by atoms with E-state index in [1.807, 2.05) is 0 Å². The minimum Gasteiger partial charge on any atom is -0.469 e. The van der Waals surface area contributed by atoms with Gasteiger partial charge >= 0.3 is 12.1 Å². The van der Waals surface area contributed by atoms with E-state index in [2.05, 4.69) is 15.4 Å². The smallest absolute Gasteiger partial charge is 0.408 e. The van der Waals surface area contributed by atoms with Gasteiger partial charge in [-0.25, -0.2) is 4.79 Å². The number of benzene rings is 1. The van der Waals surface area contributed by atoms with E-state index in [4.69, 9.17) is 9.47 Å². The first-order chi connectivity index (χ1) is 14.1. The van der Waals surface area contributed by atoms with Crippen molar-refractivity contribution in [2.75, 3.05) is 37.1 Å². The number of methoxy groups -OCH3 is 1. The summed E-state index contributed by atoms with van der Waals surface area (Å²) in [6, 6.07) is 5.44. The van der Waals surface area contributed by atoms with E-state index in [1.54, 1.807) is 49.9 Å². The highest BCUT2D eigenvalue weighted by atomic mass is 16.6. The number of amides is 3. The highest BCUT2D eigenvalue weighted by molar-refractivity contribution is 5.99. The third-order valence-corrected chi connectivity index (χ3v) is 4.04. The largest absolute Gasteiger partial charge is 0.469 e. The molecule has 0 aromatic heterocycles. The first kappa shape index (κ1) is 23.1. The van der Waals surface area contributed by atoms with Crippen LogP contribution in [0, 0.1) is 0 Å². The van der Waals surface area contributed by atoms with Crippen LogP contribution in [0.1, 0.15) is 27.2 Å². The molecule has 1 aliphatic heterocycles. The lowest BCUT2D eigenvalue weighted by Gasteiger charge is -2.27. The predicted molar refractivity (Wildman–Crippen MR) is 108 cm³/mol. The first-order valence-corrected chi connectivity index (χ1v) is 9.44. The summed E-state index contributed by atoms with van der Waals surface area (Å²) in [6.45, 7) is 5.99. The summed E-state index contributed by atoms with van der Waals surface area (Å²) in [7, 11) is 1.19. The second-order valence-corrected chi connectivity index (χ2v) is 7.61. The van der Waals surface area contributed by atoms with Gasteiger partial charge in [-0.05, 0) is 45.0 Å². The minimum atomic E-state index is -1.19. The van der Waals surface area contributed by atoms with Crippen LogP contribution in [-0.2, 0) is 28.6 Å². The van der Waals surface area contributed by atoms with Crippen LogP contribution in [-0.4, -0.2) is 62.4 Å². The molecule has 10 heteroatoms. The highest BCUT2D eigenvalue weighted by Crippen LogP contribution is 2.20. The molecule has 2 N–H and O–H groups in total. The Morgan fingerprint density at radius 3 is 2.43 bits per heavy atom. The van der Waals surface area contributed by atoms with Gasteiger partial charge in [0.05, 0.1) is 20.1 Å². The zero-order chi connectivity index (χ0) is 22.3. The Hall–Kier alpha value is -3.14. The Bertz CT molecular complexity index is 787. The molecule has 3 amide bonds. The molecule has 0 bridgehead atoms. The summed E-state index contributed by atoms with van der Waals surface area (Å²) < 4.78 is 14.9. The topological polar surface area (TPSA) is 123 Å². The molecule has 0 unspecified atom stereocenters. The van der Waals surface area contributed by atoms with Crippen LogP contribution in [0.5, 0.6) is 0 Å². The second-order valence-electron chi connectivity index (χ2n) is 7.61. The predicted octanol–water partition coefficient (Wildman–Crippen LogP) is 1.44. The fraction of sp³-hybridized carbons (Fsp3) is 0.500. The van der Waals surface area contributed by atoms with Crippen LogP contribution in [0.15, 0.2) is 24.3 Å². The average Bonchev–Trinajstić information content (AvgIpc) is 2.67. The van der Waals surface area contributed by atoms with Gasteiger partial charge in [-0.2, -0.15) is 0 Å². The van der Waals surface area contributed by atoms with Crippen molar-refractivity contribution in [1.82, 2.24) is 5.32 Å². The molecule has 30 heavy (non-hydrogen) atoms. The van der Waals surface area contributed by atoms with E-state index < -0.39 is 29.6 Å². The summed E-state index contributed by atoms with van der Waals surface area (Å²) in [5, 5.41) is 5.02. The maximum Gasteiger partial charge on any atom is 0.408 e. The zero-order valence-corrected chi connectivity index (χ0v) is 17.5. The van der Waals surface area contributed by atoms with Gasteiger partial charge in [0, 0.05) is 17.9 Å². The molecule has 1 aliphatic rings. The van der Waals surface area contributed by atoms with Gasteiger partial charge in [-0.3, -0.25) is 14.4 Å². The van der Waals surface area contributed by atoms with Crippen molar-refractivity contribution >= 4 is 35.3 Å². The van der Waals surface area contributed by atoms with E-state index >= 15 is 0 Å². The molecule has 0 spiro atoms. The molecule has 0 saturated carbocycles. The van der Waals surface area contributed by atoms with Crippen molar-refractivity contribution in [3.8, 4) is 0 Å². The third-order valence-electron chi connectivity index (χ3n) is 4.04. The summed E-state index contributed by atoms with van der Waals surface area (Å²) in [5.41, 5.74) is 0.355. The van der Waals surface area contributed by atoms with Crippen molar-refractivity contribution in [3.63, 3.8) is 0 Å². The van der Waals surface area contributed by atoms with Crippen molar-refractivity contribution in [3.05, 3.63) is 24.3 Å². The molecule has 0 radical (unpaired) electrons. The molecule has 1 fully saturated rings. The fourth-order valence-corrected chi connectivity index (χ4v) is 2.65. The van der Waals surface area contributed by atoms with E-state index in [9.17, 15) is 19.2 Å². The molecule has 2 rings (SSSR count). The van der Waals surface area contributed by atoms with Crippen molar-refractivity contribution in [2.45, 2.75) is 38.8 Å². The van der Waals surface area contributed by atoms with Gasteiger partial charge in [0.25, 0.3) is 5.91 Å². The SMILES string of the molecule is COC(=O)C[C@H](NC(=O)OC(C)(C)C)C(=O)Nc1ccc(N2CCOCC2=O)cc1. The lowest BCUT2D eigenvalue weighted by molar-refractivity contribution is -0.142. The quantitative estimate of drug-likeness (QED) is 0.666. The number of rotatable bonds is 6. The number of hydrogen-bond donors (Lipinski definition) is 2. The van der Waals surface area contributed by atoms with Gasteiger partial charge in [0.2, 0.25) is 5.91 Å². The Morgan fingerprint density at radius 2 is 1.87 bits per heavy atom. The van der Waals surface area contributed by atoms with Crippen LogP contribution in [0.2, 0.25) is 0 Å². The van der Waals surface area contributed by atoms with Crippen LogP contribution >= 0.6 is 0 Å². The number of morpholine rings is 1. The number of ether oxygens (including phenoxy) is 3. The van der Waals surface area contributed by atoms with E-state index in [0.717, 1.165) is 0 Å². The molecule has 164 valence electrons. The van der Waals surface area contributed by atoms with E-state index in [0.29, 0.717) is 24.5 Å². The van der Waals surface area contributed by atoms with Crippen LogP contribution < -0.4 is 15.5 Å². The van der Waals surface area contributed by atoms with Crippen molar-refractivity contribution in [2.24, 2.45) is 0 Å². The molecule has 1 atom stereocenters. The molecule has 1 saturated heterocycles. The molecular weight excluding hydrogens is 394 g/mol. The minimum absolute atomic E-state index is 0.0318. The van der Waals surface area contributed by atoms with E-state index in [-0.39, 0.29) is 18.9 Å². The van der Waals surface area contributed by atoms with Gasteiger partial charge in [-0.15, -0.1) is 0 Å². The number of nitrogens with zero attached hydrogens (tertiary/aromatic N) is 1. The second kappa shape index (κ2) is 10.1. The van der Waals surface area contributed by atoms with Gasteiger partial charge in [0.15, 0.2) is 0 Å². The number of alkyl carbamates (subject to hydrolysis) is 1. The molecule has 10 nitrogen and oxygen atoms in total. The molecule has 0 aliphatic carbocycles. The third kappa shape index (κ3) is 7.03. The molecule has 1 heterocycles. The normalized spacial score (nSPS) is 15.2. The number of esters is 1. The van der Waals surface area contributed by atoms with Crippen LogP contribution in [0.25, 0.3) is 0 Å². The summed E-state index contributed by atoms with van der Waals surface area (Å²) >= 11 is 0. The average molecular weight is 421 g/mol. The number of nitrogens with one attached hydrogen (secondary N) is 2. The first-order valence-electron chi connectivity index (χ1n) is 9.44. The summed E-state index contributed by atoms with van der Waals surface area (Å²) in [4.78, 5) is 49.8. The van der Waals surface area contributed by atoms with Gasteiger partial charge in [0.1, 0.15) is 18.2 Å². The van der Waals surface area contributed by atoms with E-state index in [1.165, 1.54) is 7.11 Å². The van der Waals surface area contributed by atoms with Crippen LogP contribution in [0.4, 0.5) is 16.2 Å². The molecule has 1 aromatic carbocycles. The van der Waals surface area contributed by atoms with Crippen molar-refractivity contribution < 1.29 is 33.4 Å².